The number of nitrogens with zero attached hydrogens (tertiary/aromatic N) is 1. The van der Waals surface area contributed by atoms with Crippen molar-refractivity contribution in [2.75, 3.05) is 0 Å². The number of benzene rings is 1. The zero-order chi connectivity index (χ0) is 18.1. The van der Waals surface area contributed by atoms with Crippen LogP contribution < -0.4 is 5.73 Å². The van der Waals surface area contributed by atoms with Crippen molar-refractivity contribution in [2.24, 2.45) is 5.73 Å². The number of nitrogens with two attached hydrogens (primary N) is 1. The minimum Gasteiger partial charge on any atom is -0.457 e. The predicted molar refractivity (Wildman–Crippen MR) is 89.0 cm³/mol. The molecule has 1 aromatic rings. The molecule has 0 fully saturated rings. The van der Waals surface area contributed by atoms with E-state index in [1.54, 1.807) is 58.0 Å². The summed E-state index contributed by atoms with van der Waals surface area (Å²) in [6, 6.07) is 8.21. The minimum atomic E-state index is -2.15. The zero-order valence-corrected chi connectivity index (χ0v) is 14.2. The van der Waals surface area contributed by atoms with Crippen molar-refractivity contribution in [2.45, 2.75) is 38.8 Å². The summed E-state index contributed by atoms with van der Waals surface area (Å²) in [7, 11) is 0. The van der Waals surface area contributed by atoms with E-state index in [1.807, 2.05) is 0 Å². The highest BCUT2D eigenvalue weighted by atomic mass is 16.6. The quantitative estimate of drug-likeness (QED) is 0.502. The van der Waals surface area contributed by atoms with Gasteiger partial charge in [-0.25, -0.2) is 9.86 Å². The van der Waals surface area contributed by atoms with Crippen LogP contribution >= 0.6 is 0 Å². The van der Waals surface area contributed by atoms with Crippen LogP contribution in [0, 0.1) is 0 Å². The Morgan fingerprint density at radius 3 is 2.29 bits per heavy atom. The Hall–Kier alpha value is -2.60. The molecule has 128 valence electrons. The van der Waals surface area contributed by atoms with Crippen LogP contribution in [0.15, 0.2) is 53.9 Å². The van der Waals surface area contributed by atoms with E-state index in [-0.39, 0.29) is 11.3 Å². The first-order valence-corrected chi connectivity index (χ1v) is 7.57. The monoisotopic (exact) mass is 330 g/mol. The van der Waals surface area contributed by atoms with Crippen molar-refractivity contribution in [3.63, 3.8) is 0 Å². The normalized spacial score (nSPS) is 21.0. The minimum absolute atomic E-state index is 0.0984. The molecule has 0 saturated carbocycles. The summed E-state index contributed by atoms with van der Waals surface area (Å²) in [5, 5.41) is 11.2. The number of allylic oxidation sites excluding steroid dienone is 3. The number of esters is 1. The molecule has 0 aliphatic carbocycles. The lowest BCUT2D eigenvalue weighted by molar-refractivity contribution is -0.183. The molecule has 24 heavy (non-hydrogen) atoms. The summed E-state index contributed by atoms with van der Waals surface area (Å²) >= 11 is 0. The first-order chi connectivity index (χ1) is 11.1. The molecule has 3 N–H and O–H groups in total. The highest BCUT2D eigenvalue weighted by molar-refractivity contribution is 6.19. The third-order valence-corrected chi connectivity index (χ3v) is 3.63. The van der Waals surface area contributed by atoms with Gasteiger partial charge in [-0.2, -0.15) is 0 Å². The highest BCUT2D eigenvalue weighted by Crippen LogP contribution is 2.34. The van der Waals surface area contributed by atoms with Crippen molar-refractivity contribution in [1.29, 1.82) is 0 Å². The van der Waals surface area contributed by atoms with Gasteiger partial charge in [-0.3, -0.25) is 10.0 Å². The lowest BCUT2D eigenvalue weighted by Gasteiger charge is -2.41. The standard InChI is InChI=1S/C18H22N2O4/c1-12-10-11-14(19)18(20(12)23,16(22)24-17(2,3)4)15(21)13-8-6-5-7-9-13/h5-11,23H,19H2,1-4H3. The van der Waals surface area contributed by atoms with E-state index < -0.39 is 22.9 Å². The van der Waals surface area contributed by atoms with Gasteiger partial charge >= 0.3 is 5.97 Å². The Morgan fingerprint density at radius 1 is 1.17 bits per heavy atom. The Labute approximate surface area is 141 Å². The molecular formula is C18H22N2O4. The Kier molecular flexibility index (Phi) is 4.53. The van der Waals surface area contributed by atoms with E-state index in [9.17, 15) is 14.8 Å². The van der Waals surface area contributed by atoms with Crippen LogP contribution in [0.1, 0.15) is 38.1 Å². The van der Waals surface area contributed by atoms with Crippen LogP contribution in [0.2, 0.25) is 0 Å². The molecule has 1 aromatic carbocycles. The lowest BCUT2D eigenvalue weighted by Crippen LogP contribution is -2.63. The molecule has 0 saturated heterocycles. The molecule has 0 spiro atoms. The number of Topliss-reactive ketones (excluding diaryl/α,β-unsaturated/α-hetero) is 1. The van der Waals surface area contributed by atoms with E-state index in [1.165, 1.54) is 12.2 Å². The summed E-state index contributed by atoms with van der Waals surface area (Å²) in [5.74, 6) is -1.58. The largest absolute Gasteiger partial charge is 0.457 e. The molecule has 0 amide bonds. The number of ether oxygens (including phenoxy) is 1. The second kappa shape index (κ2) is 6.13. The molecule has 1 aliphatic heterocycles. The van der Waals surface area contributed by atoms with Crippen LogP contribution in [0.25, 0.3) is 0 Å². The van der Waals surface area contributed by atoms with Crippen LogP contribution in [-0.2, 0) is 9.53 Å². The highest BCUT2D eigenvalue weighted by Gasteiger charge is 2.57. The van der Waals surface area contributed by atoms with Crippen molar-refractivity contribution in [1.82, 2.24) is 5.06 Å². The van der Waals surface area contributed by atoms with Gasteiger partial charge in [0.1, 0.15) is 5.60 Å². The second-order valence-electron chi connectivity index (χ2n) is 6.65. The number of carbonyl (C=O) groups is 2. The second-order valence-corrected chi connectivity index (χ2v) is 6.65. The smallest absolute Gasteiger partial charge is 0.349 e. The topological polar surface area (TPSA) is 92.9 Å². The van der Waals surface area contributed by atoms with Crippen molar-refractivity contribution >= 4 is 11.8 Å². The number of hydrogen-bond donors (Lipinski definition) is 2. The maximum atomic E-state index is 13.2. The molecule has 1 aliphatic rings. The van der Waals surface area contributed by atoms with Crippen LogP contribution in [0.3, 0.4) is 0 Å². The Morgan fingerprint density at radius 2 is 1.75 bits per heavy atom. The maximum Gasteiger partial charge on any atom is 0.349 e. The molecule has 0 aromatic heterocycles. The molecule has 6 heteroatoms. The van der Waals surface area contributed by atoms with E-state index in [0.717, 1.165) is 0 Å². The fraction of sp³-hybridized carbons (Fsp3) is 0.333. The van der Waals surface area contributed by atoms with Gasteiger partial charge in [0.2, 0.25) is 5.78 Å². The van der Waals surface area contributed by atoms with Crippen molar-refractivity contribution < 1.29 is 19.5 Å². The average molecular weight is 330 g/mol. The van der Waals surface area contributed by atoms with E-state index in [2.05, 4.69) is 0 Å². The van der Waals surface area contributed by atoms with Crippen molar-refractivity contribution in [3.8, 4) is 0 Å². The molecule has 1 atom stereocenters. The fourth-order valence-corrected chi connectivity index (χ4v) is 2.46. The predicted octanol–water partition coefficient (Wildman–Crippen LogP) is 2.40. The van der Waals surface area contributed by atoms with Crippen molar-refractivity contribution in [3.05, 3.63) is 59.4 Å². The molecule has 0 radical (unpaired) electrons. The first-order valence-electron chi connectivity index (χ1n) is 7.57. The molecule has 0 bridgehead atoms. The van der Waals surface area contributed by atoms with Gasteiger partial charge in [0, 0.05) is 11.3 Å². The summed E-state index contributed by atoms with van der Waals surface area (Å²) < 4.78 is 5.40. The summed E-state index contributed by atoms with van der Waals surface area (Å²) in [4.78, 5) is 26.1. The SMILES string of the molecule is CC1=CC=C(N)C(C(=O)OC(C)(C)C)(C(=O)c2ccccc2)N1O. The van der Waals surface area contributed by atoms with Crippen LogP contribution in [-0.4, -0.2) is 33.2 Å². The third kappa shape index (κ3) is 2.92. The lowest BCUT2D eigenvalue weighted by atomic mass is 9.83. The van der Waals surface area contributed by atoms with Gasteiger partial charge in [-0.05, 0) is 39.8 Å². The molecular weight excluding hydrogens is 308 g/mol. The number of carbonyl (C=O) groups excluding carboxylic acids is 2. The third-order valence-electron chi connectivity index (χ3n) is 3.63. The summed E-state index contributed by atoms with van der Waals surface area (Å²) in [6.07, 6.45) is 2.96. The number of hydroxylamine groups is 2. The van der Waals surface area contributed by atoms with Crippen LogP contribution in [0.4, 0.5) is 0 Å². The molecule has 1 unspecified atom stereocenters. The number of rotatable bonds is 3. The molecule has 6 nitrogen and oxygen atoms in total. The van der Waals surface area contributed by atoms with Gasteiger partial charge in [0.25, 0.3) is 5.54 Å². The molecule has 2 rings (SSSR count). The van der Waals surface area contributed by atoms with E-state index >= 15 is 0 Å². The Bertz CT molecular complexity index is 716. The Balaban J connectivity index is 2.63. The van der Waals surface area contributed by atoms with Crippen LogP contribution in [0.5, 0.6) is 0 Å². The number of ketones is 1. The van der Waals surface area contributed by atoms with E-state index in [4.69, 9.17) is 10.5 Å². The van der Waals surface area contributed by atoms with Gasteiger partial charge in [-0.15, -0.1) is 0 Å². The maximum absolute atomic E-state index is 13.2. The molecule has 1 heterocycles. The van der Waals surface area contributed by atoms with Gasteiger partial charge in [-0.1, -0.05) is 30.3 Å². The van der Waals surface area contributed by atoms with Gasteiger partial charge in [0.05, 0.1) is 5.70 Å². The van der Waals surface area contributed by atoms with Gasteiger partial charge < -0.3 is 10.5 Å². The number of hydrogen-bond acceptors (Lipinski definition) is 6. The summed E-state index contributed by atoms with van der Waals surface area (Å²) in [6.45, 7) is 6.61. The summed E-state index contributed by atoms with van der Waals surface area (Å²) in [5.41, 5.74) is 3.47. The van der Waals surface area contributed by atoms with E-state index in [0.29, 0.717) is 10.8 Å². The first kappa shape index (κ1) is 17.7. The van der Waals surface area contributed by atoms with Gasteiger partial charge in [0.15, 0.2) is 0 Å². The fourth-order valence-electron chi connectivity index (χ4n) is 2.46. The zero-order valence-electron chi connectivity index (χ0n) is 14.2. The average Bonchev–Trinajstić information content (AvgIpc) is 2.51.